The molecule has 0 atom stereocenters. The zero-order chi connectivity index (χ0) is 15.8. The first-order valence-electron chi connectivity index (χ1n) is 7.27. The van der Waals surface area contributed by atoms with Gasteiger partial charge in [0.2, 0.25) is 0 Å². The Kier molecular flexibility index (Phi) is 6.94. The summed E-state index contributed by atoms with van der Waals surface area (Å²) in [6.07, 6.45) is 1.63. The highest BCUT2D eigenvalue weighted by Gasteiger charge is 2.16. The molecule has 1 aromatic carbocycles. The van der Waals surface area contributed by atoms with Crippen LogP contribution < -0.4 is 4.74 Å². The summed E-state index contributed by atoms with van der Waals surface area (Å²) >= 11 is 3.97. The molecule has 0 saturated carbocycles. The van der Waals surface area contributed by atoms with Gasteiger partial charge in [0.1, 0.15) is 5.75 Å². The molecule has 4 nitrogen and oxygen atoms in total. The van der Waals surface area contributed by atoms with Gasteiger partial charge in [-0.05, 0) is 35.6 Å². The van der Waals surface area contributed by atoms with Crippen molar-refractivity contribution in [3.8, 4) is 11.8 Å². The number of carbonyl (C=O) groups excluding carboxylic acids is 1. The highest BCUT2D eigenvalue weighted by atomic mass is 32.2. The second-order valence-electron chi connectivity index (χ2n) is 5.01. The lowest BCUT2D eigenvalue weighted by atomic mass is 10.2. The molecule has 0 bridgehead atoms. The minimum atomic E-state index is -0.113. The van der Waals surface area contributed by atoms with Crippen molar-refractivity contribution in [2.24, 2.45) is 0 Å². The van der Waals surface area contributed by atoms with E-state index >= 15 is 0 Å². The van der Waals surface area contributed by atoms with E-state index in [0.29, 0.717) is 23.3 Å². The molecule has 6 heteroatoms. The molecule has 1 amide bonds. The Morgan fingerprint density at radius 2 is 2.05 bits per heavy atom. The molecule has 1 aromatic rings. The van der Waals surface area contributed by atoms with Gasteiger partial charge in [0.15, 0.2) is 6.61 Å². The fraction of sp³-hybridized carbons (Fsp3) is 0.500. The van der Waals surface area contributed by atoms with Crippen LogP contribution in [0.15, 0.2) is 24.3 Å². The Morgan fingerprint density at radius 3 is 2.68 bits per heavy atom. The average Bonchev–Trinajstić information content (AvgIpc) is 2.58. The van der Waals surface area contributed by atoms with Crippen molar-refractivity contribution in [1.82, 2.24) is 4.90 Å². The van der Waals surface area contributed by atoms with Gasteiger partial charge in [0.25, 0.3) is 5.91 Å². The third kappa shape index (κ3) is 5.15. The maximum absolute atomic E-state index is 11.8. The second kappa shape index (κ2) is 8.96. The van der Waals surface area contributed by atoms with Crippen LogP contribution in [0.5, 0.6) is 5.75 Å². The summed E-state index contributed by atoms with van der Waals surface area (Å²) in [6.45, 7) is 0.446. The van der Waals surface area contributed by atoms with Crippen LogP contribution in [0, 0.1) is 11.3 Å². The van der Waals surface area contributed by atoms with Gasteiger partial charge in [0.05, 0.1) is 17.1 Å². The molecule has 0 aliphatic carbocycles. The molecule has 0 spiro atoms. The van der Waals surface area contributed by atoms with Gasteiger partial charge < -0.3 is 9.64 Å². The van der Waals surface area contributed by atoms with Crippen LogP contribution in [-0.4, -0.2) is 42.5 Å². The van der Waals surface area contributed by atoms with Crippen molar-refractivity contribution in [2.45, 2.75) is 17.4 Å². The Morgan fingerprint density at radius 1 is 1.36 bits per heavy atom. The molecule has 0 unspecified atom stereocenters. The third-order valence-electron chi connectivity index (χ3n) is 3.33. The molecular weight excluding hydrogens is 316 g/mol. The molecule has 1 saturated heterocycles. The molecule has 1 aliphatic heterocycles. The highest BCUT2D eigenvalue weighted by Crippen LogP contribution is 2.43. The number of nitrogens with zero attached hydrogens (tertiary/aromatic N) is 2. The maximum atomic E-state index is 11.8. The summed E-state index contributed by atoms with van der Waals surface area (Å²) in [7, 11) is 1.68. The molecule has 118 valence electrons. The molecule has 0 radical (unpaired) electrons. The van der Waals surface area contributed by atoms with Crippen LogP contribution in [0.1, 0.15) is 23.0 Å². The molecule has 22 heavy (non-hydrogen) atoms. The Balaban J connectivity index is 1.81. The number of hydrogen-bond acceptors (Lipinski definition) is 5. The number of amides is 1. The highest BCUT2D eigenvalue weighted by molar-refractivity contribution is 8.16. The standard InChI is InChI=1S/C16H20N2O2S2/c1-18(9-2-8-17)15(19)12-20-14-6-4-13(5-7-14)16-21-10-3-11-22-16/h4-7,16H,2-3,9-12H2,1H3. The number of hydrogen-bond donors (Lipinski definition) is 0. The summed E-state index contributed by atoms with van der Waals surface area (Å²) in [5.74, 6) is 3.04. The minimum Gasteiger partial charge on any atom is -0.484 e. The van der Waals surface area contributed by atoms with Crippen molar-refractivity contribution in [2.75, 3.05) is 31.7 Å². The van der Waals surface area contributed by atoms with E-state index in [-0.39, 0.29) is 12.5 Å². The van der Waals surface area contributed by atoms with E-state index in [9.17, 15) is 4.79 Å². The summed E-state index contributed by atoms with van der Waals surface area (Å²) in [5, 5.41) is 8.52. The van der Waals surface area contributed by atoms with E-state index in [0.717, 1.165) is 0 Å². The SMILES string of the molecule is CN(CCC#N)C(=O)COc1ccc(C2SCCCS2)cc1. The fourth-order valence-corrected chi connectivity index (χ4v) is 4.89. The van der Waals surface area contributed by atoms with E-state index in [4.69, 9.17) is 10.00 Å². The summed E-state index contributed by atoms with van der Waals surface area (Å²) < 4.78 is 6.04. The summed E-state index contributed by atoms with van der Waals surface area (Å²) in [4.78, 5) is 13.3. The molecule has 1 aliphatic rings. The maximum Gasteiger partial charge on any atom is 0.260 e. The number of ether oxygens (including phenoxy) is 1. The van der Waals surface area contributed by atoms with Gasteiger partial charge >= 0.3 is 0 Å². The molecule has 0 aromatic heterocycles. The lowest BCUT2D eigenvalue weighted by molar-refractivity contribution is -0.131. The number of likely N-dealkylation sites (N-methyl/N-ethyl adjacent to an activating group) is 1. The normalized spacial score (nSPS) is 15.1. The summed E-state index contributed by atoms with van der Waals surface area (Å²) in [6, 6.07) is 10.0. The Hall–Kier alpha value is -1.32. The van der Waals surface area contributed by atoms with Crippen molar-refractivity contribution in [3.63, 3.8) is 0 Å². The minimum absolute atomic E-state index is 0.00814. The second-order valence-corrected chi connectivity index (χ2v) is 7.73. The number of benzene rings is 1. The zero-order valence-electron chi connectivity index (χ0n) is 12.7. The molecule has 0 N–H and O–H groups in total. The van der Waals surface area contributed by atoms with Gasteiger partial charge in [-0.15, -0.1) is 23.5 Å². The van der Waals surface area contributed by atoms with Crippen LogP contribution in [0.25, 0.3) is 0 Å². The first-order chi connectivity index (χ1) is 10.7. The van der Waals surface area contributed by atoms with Gasteiger partial charge in [0, 0.05) is 13.6 Å². The fourth-order valence-electron chi connectivity index (χ4n) is 2.00. The first-order valence-corrected chi connectivity index (χ1v) is 9.37. The van der Waals surface area contributed by atoms with Crippen LogP contribution in [0.2, 0.25) is 0 Å². The predicted molar refractivity (Wildman–Crippen MR) is 92.1 cm³/mol. The average molecular weight is 336 g/mol. The number of rotatable bonds is 6. The lowest BCUT2D eigenvalue weighted by Gasteiger charge is -2.21. The van der Waals surface area contributed by atoms with E-state index < -0.39 is 0 Å². The van der Waals surface area contributed by atoms with Crippen LogP contribution >= 0.6 is 23.5 Å². The van der Waals surface area contributed by atoms with Crippen molar-refractivity contribution < 1.29 is 9.53 Å². The largest absolute Gasteiger partial charge is 0.484 e. The third-order valence-corrected chi connectivity index (χ3v) is 6.34. The van der Waals surface area contributed by atoms with Crippen LogP contribution in [0.4, 0.5) is 0 Å². The van der Waals surface area contributed by atoms with Crippen LogP contribution in [0.3, 0.4) is 0 Å². The van der Waals surface area contributed by atoms with Gasteiger partial charge in [-0.25, -0.2) is 0 Å². The topological polar surface area (TPSA) is 53.3 Å². The molecular formula is C16H20N2O2S2. The molecule has 1 fully saturated rings. The number of thioether (sulfide) groups is 2. The molecule has 1 heterocycles. The Labute approximate surface area is 140 Å². The van der Waals surface area contributed by atoms with E-state index in [2.05, 4.69) is 12.1 Å². The summed E-state index contributed by atoms with van der Waals surface area (Å²) in [5.41, 5.74) is 1.31. The number of carbonyl (C=O) groups is 1. The van der Waals surface area contributed by atoms with Crippen LogP contribution in [-0.2, 0) is 4.79 Å². The first kappa shape index (κ1) is 17.0. The van der Waals surface area contributed by atoms with Gasteiger partial charge in [-0.2, -0.15) is 5.26 Å². The predicted octanol–water partition coefficient (Wildman–Crippen LogP) is 3.31. The van der Waals surface area contributed by atoms with E-state index in [1.165, 1.54) is 28.4 Å². The number of nitriles is 1. The Bertz CT molecular complexity index is 522. The quantitative estimate of drug-likeness (QED) is 0.798. The van der Waals surface area contributed by atoms with Crippen molar-refractivity contribution >= 4 is 29.4 Å². The van der Waals surface area contributed by atoms with E-state index in [1.807, 2.05) is 41.7 Å². The van der Waals surface area contributed by atoms with E-state index in [1.54, 1.807) is 7.05 Å². The van der Waals surface area contributed by atoms with Crippen molar-refractivity contribution in [3.05, 3.63) is 29.8 Å². The van der Waals surface area contributed by atoms with Crippen molar-refractivity contribution in [1.29, 1.82) is 5.26 Å². The molecule has 2 rings (SSSR count). The monoisotopic (exact) mass is 336 g/mol. The smallest absolute Gasteiger partial charge is 0.260 e. The van der Waals surface area contributed by atoms with Gasteiger partial charge in [-0.3, -0.25) is 4.79 Å². The lowest BCUT2D eigenvalue weighted by Crippen LogP contribution is -2.32. The van der Waals surface area contributed by atoms with Gasteiger partial charge in [-0.1, -0.05) is 12.1 Å². The zero-order valence-corrected chi connectivity index (χ0v) is 14.3.